The van der Waals surface area contributed by atoms with Crippen LogP contribution in [-0.4, -0.2) is 33.4 Å². The zero-order valence-electron chi connectivity index (χ0n) is 10.8. The van der Waals surface area contributed by atoms with Crippen LogP contribution < -0.4 is 10.6 Å². The zero-order valence-corrected chi connectivity index (χ0v) is 11.6. The smallest absolute Gasteiger partial charge is 0.358 e. The summed E-state index contributed by atoms with van der Waals surface area (Å²) >= 11 is 1.42. The highest BCUT2D eigenvalue weighted by atomic mass is 32.1. The van der Waals surface area contributed by atoms with Crippen LogP contribution in [0.1, 0.15) is 12.8 Å². The molecule has 2 aromatic rings. The van der Waals surface area contributed by atoms with Crippen LogP contribution in [0.5, 0.6) is 0 Å². The lowest BCUT2D eigenvalue weighted by Crippen LogP contribution is -2.30. The van der Waals surface area contributed by atoms with Crippen LogP contribution in [0.3, 0.4) is 0 Å². The summed E-state index contributed by atoms with van der Waals surface area (Å²) in [6, 6.07) is 0.229. The number of nitrogens with zero attached hydrogens (tertiary/aromatic N) is 4. The van der Waals surface area contributed by atoms with E-state index in [9.17, 15) is 10.1 Å². The van der Waals surface area contributed by atoms with E-state index in [1.165, 1.54) is 11.3 Å². The van der Waals surface area contributed by atoms with Gasteiger partial charge in [-0.15, -0.1) is 0 Å². The molecular weight excluding hydrogens is 278 g/mol. The third kappa shape index (κ3) is 1.58. The molecule has 2 aliphatic rings. The molecule has 7 nitrogen and oxygen atoms in total. The van der Waals surface area contributed by atoms with Crippen LogP contribution in [0.25, 0.3) is 4.96 Å². The Morgan fingerprint density at radius 3 is 3.05 bits per heavy atom. The fourth-order valence-electron chi connectivity index (χ4n) is 3.62. The Labute approximate surface area is 119 Å². The van der Waals surface area contributed by atoms with Crippen LogP contribution in [0.4, 0.5) is 11.6 Å². The van der Waals surface area contributed by atoms with Crippen molar-refractivity contribution in [3.8, 4) is 0 Å². The molecule has 2 fully saturated rings. The van der Waals surface area contributed by atoms with Crippen molar-refractivity contribution in [3.63, 3.8) is 0 Å². The Morgan fingerprint density at radius 1 is 1.45 bits per heavy atom. The number of thiazole rings is 1. The molecule has 1 saturated heterocycles. The maximum atomic E-state index is 11.4. The summed E-state index contributed by atoms with van der Waals surface area (Å²) in [6.07, 6.45) is 3.90. The topological polar surface area (TPSA) is 89.7 Å². The van der Waals surface area contributed by atoms with Gasteiger partial charge in [-0.25, -0.2) is 0 Å². The van der Waals surface area contributed by atoms with Crippen molar-refractivity contribution in [1.29, 1.82) is 0 Å². The fraction of sp³-hybridized carbons (Fsp3) is 0.583. The van der Waals surface area contributed by atoms with E-state index >= 15 is 0 Å². The van der Waals surface area contributed by atoms with E-state index in [-0.39, 0.29) is 16.8 Å². The minimum Gasteiger partial charge on any atom is -0.358 e. The average molecular weight is 293 g/mol. The van der Waals surface area contributed by atoms with Crippen molar-refractivity contribution in [2.45, 2.75) is 18.9 Å². The van der Waals surface area contributed by atoms with Gasteiger partial charge in [0.25, 0.3) is 4.96 Å². The molecule has 1 saturated carbocycles. The molecule has 2 aromatic heterocycles. The van der Waals surface area contributed by atoms with E-state index in [4.69, 9.17) is 5.73 Å². The molecule has 0 spiro atoms. The predicted octanol–water partition coefficient (Wildman–Crippen LogP) is 1.48. The van der Waals surface area contributed by atoms with Gasteiger partial charge in [0.1, 0.15) is 6.20 Å². The summed E-state index contributed by atoms with van der Waals surface area (Å²) in [6.45, 7) is 1.63. The van der Waals surface area contributed by atoms with Gasteiger partial charge in [0.05, 0.1) is 0 Å². The monoisotopic (exact) mass is 293 g/mol. The molecule has 2 N–H and O–H groups in total. The van der Waals surface area contributed by atoms with Crippen LogP contribution in [0.15, 0.2) is 11.6 Å². The minimum absolute atomic E-state index is 0.0785. The minimum atomic E-state index is -0.337. The number of nitro groups is 1. The molecule has 0 bridgehead atoms. The summed E-state index contributed by atoms with van der Waals surface area (Å²) in [5.41, 5.74) is 6.13. The maximum absolute atomic E-state index is 11.4. The second kappa shape index (κ2) is 4.16. The van der Waals surface area contributed by atoms with E-state index in [1.807, 2.05) is 10.3 Å². The van der Waals surface area contributed by atoms with Crippen molar-refractivity contribution in [2.24, 2.45) is 17.6 Å². The normalized spacial score (nSPS) is 29.2. The number of anilines is 1. The third-order valence-electron chi connectivity index (χ3n) is 4.60. The zero-order chi connectivity index (χ0) is 13.9. The predicted molar refractivity (Wildman–Crippen MR) is 76.1 cm³/mol. The van der Waals surface area contributed by atoms with Crippen molar-refractivity contribution >= 4 is 27.9 Å². The Kier molecular flexibility index (Phi) is 2.52. The van der Waals surface area contributed by atoms with Crippen molar-refractivity contribution in [1.82, 2.24) is 9.38 Å². The summed E-state index contributed by atoms with van der Waals surface area (Å²) in [5, 5.41) is 13.2. The van der Waals surface area contributed by atoms with Crippen LogP contribution in [-0.2, 0) is 0 Å². The van der Waals surface area contributed by atoms with Crippen molar-refractivity contribution < 1.29 is 4.92 Å². The summed E-state index contributed by atoms with van der Waals surface area (Å²) in [5.74, 6) is 1.59. The highest BCUT2D eigenvalue weighted by Crippen LogP contribution is 2.41. The first kappa shape index (κ1) is 12.1. The number of hydrogen-bond acceptors (Lipinski definition) is 6. The Hall–Kier alpha value is -1.67. The number of nitrogens with two attached hydrogens (primary N) is 1. The first-order valence-corrected chi connectivity index (χ1v) is 7.63. The van der Waals surface area contributed by atoms with Gasteiger partial charge < -0.3 is 20.7 Å². The molecule has 0 aromatic carbocycles. The molecule has 1 aliphatic heterocycles. The molecular formula is C12H15N5O2S. The second-order valence-corrected chi connectivity index (χ2v) is 6.51. The number of imidazole rings is 1. The molecule has 106 valence electrons. The van der Waals surface area contributed by atoms with E-state index in [1.54, 1.807) is 10.6 Å². The van der Waals surface area contributed by atoms with Crippen molar-refractivity contribution in [3.05, 3.63) is 21.7 Å². The summed E-state index contributed by atoms with van der Waals surface area (Å²) in [7, 11) is 0. The first-order chi connectivity index (χ1) is 9.65. The van der Waals surface area contributed by atoms with Gasteiger partial charge in [0.15, 0.2) is 0 Å². The molecule has 0 amide bonds. The molecule has 3 unspecified atom stereocenters. The summed E-state index contributed by atoms with van der Waals surface area (Å²) < 4.78 is 1.56. The van der Waals surface area contributed by atoms with Gasteiger partial charge in [-0.3, -0.25) is 0 Å². The van der Waals surface area contributed by atoms with E-state index < -0.39 is 0 Å². The Bertz CT molecular complexity index is 680. The molecule has 0 radical (unpaired) electrons. The van der Waals surface area contributed by atoms with Crippen molar-refractivity contribution in [2.75, 3.05) is 18.0 Å². The lowest BCUT2D eigenvalue weighted by atomic mass is 9.98. The molecule has 3 atom stereocenters. The third-order valence-corrected chi connectivity index (χ3v) is 5.36. The van der Waals surface area contributed by atoms with E-state index in [0.717, 1.165) is 25.9 Å². The molecule has 8 heteroatoms. The van der Waals surface area contributed by atoms with E-state index in [0.29, 0.717) is 22.6 Å². The molecule has 1 aliphatic carbocycles. The van der Waals surface area contributed by atoms with Crippen LogP contribution in [0.2, 0.25) is 0 Å². The van der Waals surface area contributed by atoms with Gasteiger partial charge >= 0.3 is 5.82 Å². The SMILES string of the molecule is NC1CCC2CN(c3nc4sccn4c3[N+](=O)[O-])CC12. The molecule has 4 rings (SSSR count). The lowest BCUT2D eigenvalue weighted by molar-refractivity contribution is -0.389. The maximum Gasteiger partial charge on any atom is 0.373 e. The standard InChI is InChI=1S/C12H15N5O2S/c13-9-2-1-7-5-15(6-8(7)9)10-11(17(18)19)16-3-4-20-12(16)14-10/h3-4,7-9H,1-2,5-6,13H2. The number of fused-ring (bicyclic) bond motifs is 2. The van der Waals surface area contributed by atoms with E-state index in [2.05, 4.69) is 4.98 Å². The first-order valence-electron chi connectivity index (χ1n) is 6.75. The van der Waals surface area contributed by atoms with Gasteiger partial charge in [0, 0.05) is 24.5 Å². The highest BCUT2D eigenvalue weighted by molar-refractivity contribution is 7.15. The fourth-order valence-corrected chi connectivity index (χ4v) is 4.33. The summed E-state index contributed by atoms with van der Waals surface area (Å²) in [4.78, 5) is 18.2. The van der Waals surface area contributed by atoms with Gasteiger partial charge in [-0.1, -0.05) is 11.3 Å². The number of hydrogen-bond donors (Lipinski definition) is 1. The Balaban J connectivity index is 1.74. The molecule has 20 heavy (non-hydrogen) atoms. The number of aromatic nitrogens is 2. The molecule has 3 heterocycles. The Morgan fingerprint density at radius 2 is 2.30 bits per heavy atom. The largest absolute Gasteiger partial charge is 0.373 e. The van der Waals surface area contributed by atoms with Crippen LogP contribution in [0, 0.1) is 22.0 Å². The van der Waals surface area contributed by atoms with Crippen LogP contribution >= 0.6 is 11.3 Å². The van der Waals surface area contributed by atoms with Gasteiger partial charge in [0.2, 0.25) is 5.82 Å². The van der Waals surface area contributed by atoms with Gasteiger partial charge in [-0.05, 0) is 29.6 Å². The second-order valence-electron chi connectivity index (χ2n) is 5.64. The van der Waals surface area contributed by atoms with Gasteiger partial charge in [-0.2, -0.15) is 9.38 Å². The number of rotatable bonds is 2. The quantitative estimate of drug-likeness (QED) is 0.669. The average Bonchev–Trinajstić information content (AvgIpc) is 3.09. The lowest BCUT2D eigenvalue weighted by Gasteiger charge is -2.17. The highest BCUT2D eigenvalue weighted by Gasteiger charge is 2.43.